The van der Waals surface area contributed by atoms with E-state index in [1.807, 2.05) is 0 Å². The van der Waals surface area contributed by atoms with Crippen LogP contribution < -0.4 is 11.1 Å². The number of hydrogen-bond donors (Lipinski definition) is 2. The van der Waals surface area contributed by atoms with Crippen LogP contribution in [0.15, 0.2) is 0 Å². The topological polar surface area (TPSA) is 61.6 Å². The van der Waals surface area contributed by atoms with E-state index in [4.69, 9.17) is 5.73 Å². The summed E-state index contributed by atoms with van der Waals surface area (Å²) >= 11 is 0. The smallest absolute Gasteiger partial charge is 0.223 e. The van der Waals surface area contributed by atoms with Crippen LogP contribution >= 0.6 is 0 Å². The number of carbonyl (C=O) groups excluding carboxylic acids is 1. The van der Waals surface area contributed by atoms with Gasteiger partial charge in [-0.3, -0.25) is 9.69 Å². The number of amides is 1. The zero-order valence-corrected chi connectivity index (χ0v) is 13.0. The summed E-state index contributed by atoms with van der Waals surface area (Å²) in [6.45, 7) is 4.62. The van der Waals surface area contributed by atoms with Gasteiger partial charge in [0.05, 0.1) is 0 Å². The zero-order valence-electron chi connectivity index (χ0n) is 13.0. The molecule has 1 heterocycles. The van der Waals surface area contributed by atoms with Crippen molar-refractivity contribution in [3.05, 3.63) is 0 Å². The molecule has 0 aromatic heterocycles. The third-order valence-corrected chi connectivity index (χ3v) is 5.04. The highest BCUT2D eigenvalue weighted by Crippen LogP contribution is 2.29. The van der Waals surface area contributed by atoms with Crippen molar-refractivity contribution < 1.29 is 4.79 Å². The lowest BCUT2D eigenvalue weighted by Crippen LogP contribution is -2.55. The van der Waals surface area contributed by atoms with E-state index in [1.165, 1.54) is 12.8 Å². The van der Waals surface area contributed by atoms with Crippen molar-refractivity contribution >= 4 is 5.91 Å². The van der Waals surface area contributed by atoms with Crippen molar-refractivity contribution in [1.82, 2.24) is 15.1 Å². The fourth-order valence-corrected chi connectivity index (χ4v) is 3.51. The molecule has 3 atom stereocenters. The van der Waals surface area contributed by atoms with Gasteiger partial charge in [-0.2, -0.15) is 0 Å². The van der Waals surface area contributed by atoms with Gasteiger partial charge in [-0.25, -0.2) is 0 Å². The lowest BCUT2D eigenvalue weighted by atomic mass is 9.78. The first kappa shape index (κ1) is 15.7. The molecule has 5 heteroatoms. The standard InChI is InChI=1S/C15H30N4O/c1-18-7-8-19(2)13(11-18)10-17-15(20)14-6-4-3-5-12(14)9-16/h12-14H,3-11,16H2,1-2H3,(H,17,20). The lowest BCUT2D eigenvalue weighted by molar-refractivity contribution is -0.128. The average molecular weight is 282 g/mol. The summed E-state index contributed by atoms with van der Waals surface area (Å²) in [5.74, 6) is 0.748. The molecular formula is C15H30N4O. The summed E-state index contributed by atoms with van der Waals surface area (Å²) in [6.07, 6.45) is 4.51. The van der Waals surface area contributed by atoms with E-state index in [1.54, 1.807) is 0 Å². The van der Waals surface area contributed by atoms with E-state index in [9.17, 15) is 4.79 Å². The average Bonchev–Trinajstić information content (AvgIpc) is 2.47. The molecule has 5 nitrogen and oxygen atoms in total. The molecule has 2 aliphatic rings. The van der Waals surface area contributed by atoms with E-state index in [0.29, 0.717) is 18.5 Å². The number of likely N-dealkylation sites (N-methyl/N-ethyl adjacent to an activating group) is 2. The maximum atomic E-state index is 12.4. The van der Waals surface area contributed by atoms with Crippen LogP contribution in [0, 0.1) is 11.8 Å². The predicted molar refractivity (Wildman–Crippen MR) is 81.4 cm³/mol. The lowest BCUT2D eigenvalue weighted by Gasteiger charge is -2.38. The summed E-state index contributed by atoms with van der Waals surface area (Å²) in [7, 11) is 4.29. The number of carbonyl (C=O) groups is 1. The van der Waals surface area contributed by atoms with Crippen LogP contribution in [0.4, 0.5) is 0 Å². The molecule has 0 spiro atoms. The fraction of sp³-hybridized carbons (Fsp3) is 0.933. The number of nitrogens with two attached hydrogens (primary N) is 1. The van der Waals surface area contributed by atoms with Crippen molar-refractivity contribution in [2.45, 2.75) is 31.7 Å². The SMILES string of the molecule is CN1CCN(C)C(CNC(=O)C2CCCCC2CN)C1. The quantitative estimate of drug-likeness (QED) is 0.768. The molecule has 1 saturated carbocycles. The van der Waals surface area contributed by atoms with E-state index < -0.39 is 0 Å². The second kappa shape index (κ2) is 7.38. The second-order valence-electron chi connectivity index (χ2n) is 6.53. The van der Waals surface area contributed by atoms with Crippen molar-refractivity contribution in [1.29, 1.82) is 0 Å². The molecule has 3 N–H and O–H groups in total. The highest BCUT2D eigenvalue weighted by atomic mass is 16.1. The van der Waals surface area contributed by atoms with Crippen LogP contribution in [0.3, 0.4) is 0 Å². The summed E-state index contributed by atoms with van der Waals surface area (Å²) in [4.78, 5) is 17.1. The van der Waals surface area contributed by atoms with Crippen molar-refractivity contribution in [2.75, 3.05) is 46.8 Å². The Kier molecular flexibility index (Phi) is 5.81. The van der Waals surface area contributed by atoms with Gasteiger partial charge in [0.25, 0.3) is 0 Å². The highest BCUT2D eigenvalue weighted by Gasteiger charge is 2.30. The highest BCUT2D eigenvalue weighted by molar-refractivity contribution is 5.79. The number of nitrogens with one attached hydrogen (secondary N) is 1. The normalized spacial score (nSPS) is 33.0. The first-order valence-electron chi connectivity index (χ1n) is 7.98. The maximum absolute atomic E-state index is 12.4. The summed E-state index contributed by atoms with van der Waals surface area (Å²) in [5.41, 5.74) is 5.82. The van der Waals surface area contributed by atoms with Gasteiger partial charge < -0.3 is 16.0 Å². The Morgan fingerprint density at radius 2 is 2.00 bits per heavy atom. The molecule has 1 amide bonds. The Morgan fingerprint density at radius 1 is 1.25 bits per heavy atom. The Hall–Kier alpha value is -0.650. The largest absolute Gasteiger partial charge is 0.354 e. The predicted octanol–water partition coefficient (Wildman–Crippen LogP) is 0.114. The van der Waals surface area contributed by atoms with Gasteiger partial charge in [0.15, 0.2) is 0 Å². The van der Waals surface area contributed by atoms with Crippen LogP contribution in [-0.4, -0.2) is 68.6 Å². The van der Waals surface area contributed by atoms with Crippen LogP contribution in [0.1, 0.15) is 25.7 Å². The molecule has 1 aliphatic carbocycles. The van der Waals surface area contributed by atoms with E-state index in [0.717, 1.165) is 39.0 Å². The molecule has 0 bridgehead atoms. The van der Waals surface area contributed by atoms with Crippen molar-refractivity contribution in [2.24, 2.45) is 17.6 Å². The first-order chi connectivity index (χ1) is 9.61. The Morgan fingerprint density at radius 3 is 2.75 bits per heavy atom. The molecule has 0 aromatic carbocycles. The van der Waals surface area contributed by atoms with Gasteiger partial charge in [0.1, 0.15) is 0 Å². The van der Waals surface area contributed by atoms with Crippen LogP contribution in [0.2, 0.25) is 0 Å². The molecule has 2 rings (SSSR count). The first-order valence-corrected chi connectivity index (χ1v) is 7.98. The number of rotatable bonds is 4. The van der Waals surface area contributed by atoms with Gasteiger partial charge in [0, 0.05) is 38.1 Å². The minimum Gasteiger partial charge on any atom is -0.354 e. The van der Waals surface area contributed by atoms with Gasteiger partial charge in [-0.05, 0) is 39.4 Å². The molecule has 2 fully saturated rings. The number of hydrogen-bond acceptors (Lipinski definition) is 4. The van der Waals surface area contributed by atoms with Gasteiger partial charge in [0.2, 0.25) is 5.91 Å². The van der Waals surface area contributed by atoms with E-state index in [-0.39, 0.29) is 11.8 Å². The monoisotopic (exact) mass is 282 g/mol. The third kappa shape index (κ3) is 3.93. The van der Waals surface area contributed by atoms with Crippen LogP contribution in [-0.2, 0) is 4.79 Å². The fourth-order valence-electron chi connectivity index (χ4n) is 3.51. The summed E-state index contributed by atoms with van der Waals surface area (Å²) < 4.78 is 0. The van der Waals surface area contributed by atoms with Crippen molar-refractivity contribution in [3.63, 3.8) is 0 Å². The van der Waals surface area contributed by atoms with Gasteiger partial charge in [-0.15, -0.1) is 0 Å². The number of nitrogens with zero attached hydrogens (tertiary/aromatic N) is 2. The van der Waals surface area contributed by atoms with Crippen molar-refractivity contribution in [3.8, 4) is 0 Å². The molecule has 1 saturated heterocycles. The van der Waals surface area contributed by atoms with Crippen LogP contribution in [0.25, 0.3) is 0 Å². The van der Waals surface area contributed by atoms with E-state index >= 15 is 0 Å². The Balaban J connectivity index is 1.81. The molecule has 20 heavy (non-hydrogen) atoms. The molecule has 116 valence electrons. The zero-order chi connectivity index (χ0) is 14.5. The number of piperazine rings is 1. The summed E-state index contributed by atoms with van der Waals surface area (Å²) in [6, 6.07) is 0.428. The maximum Gasteiger partial charge on any atom is 0.223 e. The van der Waals surface area contributed by atoms with Crippen LogP contribution in [0.5, 0.6) is 0 Å². The molecule has 3 unspecified atom stereocenters. The molecular weight excluding hydrogens is 252 g/mol. The minimum absolute atomic E-state index is 0.139. The van der Waals surface area contributed by atoms with Gasteiger partial charge in [-0.1, -0.05) is 12.8 Å². The Labute approximate surface area is 122 Å². The van der Waals surface area contributed by atoms with Gasteiger partial charge >= 0.3 is 0 Å². The molecule has 0 radical (unpaired) electrons. The molecule has 0 aromatic rings. The Bertz CT molecular complexity index is 323. The van der Waals surface area contributed by atoms with E-state index in [2.05, 4.69) is 29.2 Å². The third-order valence-electron chi connectivity index (χ3n) is 5.04. The second-order valence-corrected chi connectivity index (χ2v) is 6.53. The summed E-state index contributed by atoms with van der Waals surface area (Å²) in [5, 5.41) is 3.17. The minimum atomic E-state index is 0.139. The molecule has 1 aliphatic heterocycles.